The monoisotopic (exact) mass is 260 g/mol. The largest absolute Gasteiger partial charge is 0.497 e. The quantitative estimate of drug-likeness (QED) is 0.846. The molecule has 0 aliphatic rings. The maximum Gasteiger partial charge on any atom is 0.341 e. The van der Waals surface area contributed by atoms with Crippen molar-refractivity contribution in [2.24, 2.45) is 0 Å². The van der Waals surface area contributed by atoms with Crippen molar-refractivity contribution < 1.29 is 19.1 Å². The summed E-state index contributed by atoms with van der Waals surface area (Å²) in [7, 11) is 1.54. The average molecular weight is 260 g/mol. The van der Waals surface area contributed by atoms with Crippen LogP contribution in [-0.2, 0) is 4.79 Å². The van der Waals surface area contributed by atoms with Crippen LogP contribution in [0.25, 0.3) is 11.6 Å². The number of hydrogen-bond donors (Lipinski definition) is 1. The maximum atomic E-state index is 11.2. The van der Waals surface area contributed by atoms with Crippen LogP contribution in [0, 0.1) is 6.92 Å². The third kappa shape index (κ3) is 2.98. The second-order valence-electron chi connectivity index (χ2n) is 3.77. The van der Waals surface area contributed by atoms with E-state index in [4.69, 9.17) is 9.15 Å². The van der Waals surface area contributed by atoms with Crippen molar-refractivity contribution in [3.63, 3.8) is 0 Å². The lowest BCUT2D eigenvalue weighted by Gasteiger charge is -2.01. The lowest BCUT2D eigenvalue weighted by atomic mass is 10.1. The van der Waals surface area contributed by atoms with Crippen LogP contribution < -0.4 is 4.74 Å². The van der Waals surface area contributed by atoms with Crippen LogP contribution in [0.4, 0.5) is 0 Å². The van der Waals surface area contributed by atoms with E-state index in [9.17, 15) is 9.90 Å². The molecule has 0 atom stereocenters. The molecular formula is C13H12N2O4. The van der Waals surface area contributed by atoms with Crippen molar-refractivity contribution in [3.8, 4) is 5.75 Å². The number of carboxylic acid groups (broad SMARTS) is 1. The van der Waals surface area contributed by atoms with Gasteiger partial charge in [0.05, 0.1) is 7.11 Å². The second kappa shape index (κ2) is 5.34. The normalized spacial score (nSPS) is 11.4. The van der Waals surface area contributed by atoms with Crippen LogP contribution in [0.3, 0.4) is 0 Å². The number of nitrogens with zero attached hydrogens (tertiary/aromatic N) is 2. The standard InChI is InChI=1S/C13H12N2O4/c1-8-14-15-12(19-8)11(13(16)17)7-9-4-3-5-10(6-9)18-2/h3-7H,1-2H3,(H,16,17)/b11-7-. The molecule has 19 heavy (non-hydrogen) atoms. The zero-order valence-electron chi connectivity index (χ0n) is 10.5. The van der Waals surface area contributed by atoms with Crippen LogP contribution in [-0.4, -0.2) is 28.4 Å². The van der Waals surface area contributed by atoms with E-state index in [0.29, 0.717) is 17.2 Å². The molecule has 1 heterocycles. The molecule has 0 saturated carbocycles. The molecule has 1 aromatic heterocycles. The highest BCUT2D eigenvalue weighted by molar-refractivity contribution is 6.19. The first-order valence-corrected chi connectivity index (χ1v) is 5.49. The molecule has 0 aliphatic heterocycles. The van der Waals surface area contributed by atoms with Crippen LogP contribution in [0.2, 0.25) is 0 Å². The topological polar surface area (TPSA) is 85.5 Å². The fourth-order valence-electron chi connectivity index (χ4n) is 1.52. The summed E-state index contributed by atoms with van der Waals surface area (Å²) in [5, 5.41) is 16.5. The van der Waals surface area contributed by atoms with Gasteiger partial charge in [0.25, 0.3) is 5.89 Å². The number of carbonyl (C=O) groups is 1. The fourth-order valence-corrected chi connectivity index (χ4v) is 1.52. The number of methoxy groups -OCH3 is 1. The number of aromatic nitrogens is 2. The lowest BCUT2D eigenvalue weighted by molar-refractivity contribution is -0.130. The Hall–Kier alpha value is -2.63. The molecule has 0 fully saturated rings. The molecule has 0 spiro atoms. The fraction of sp³-hybridized carbons (Fsp3) is 0.154. The number of hydrogen-bond acceptors (Lipinski definition) is 5. The van der Waals surface area contributed by atoms with Gasteiger partial charge in [0, 0.05) is 6.92 Å². The Bertz CT molecular complexity index is 631. The van der Waals surface area contributed by atoms with Gasteiger partial charge in [-0.2, -0.15) is 0 Å². The Morgan fingerprint density at radius 3 is 2.79 bits per heavy atom. The van der Waals surface area contributed by atoms with Crippen LogP contribution in [0.5, 0.6) is 5.75 Å². The summed E-state index contributed by atoms with van der Waals surface area (Å²) in [6.45, 7) is 1.60. The molecule has 0 radical (unpaired) electrons. The van der Waals surface area contributed by atoms with Crippen molar-refractivity contribution >= 4 is 17.6 Å². The number of carboxylic acids is 1. The van der Waals surface area contributed by atoms with Crippen molar-refractivity contribution in [1.82, 2.24) is 10.2 Å². The van der Waals surface area contributed by atoms with Gasteiger partial charge in [0.15, 0.2) is 0 Å². The van der Waals surface area contributed by atoms with E-state index in [1.807, 2.05) is 0 Å². The van der Waals surface area contributed by atoms with E-state index in [0.717, 1.165) is 0 Å². The Morgan fingerprint density at radius 1 is 1.42 bits per heavy atom. The third-order valence-corrected chi connectivity index (χ3v) is 2.39. The number of rotatable bonds is 4. The van der Waals surface area contributed by atoms with Crippen molar-refractivity contribution in [2.75, 3.05) is 7.11 Å². The van der Waals surface area contributed by atoms with E-state index in [2.05, 4.69) is 10.2 Å². The molecule has 2 rings (SSSR count). The van der Waals surface area contributed by atoms with Gasteiger partial charge in [0.2, 0.25) is 5.89 Å². The first kappa shape index (κ1) is 12.8. The maximum absolute atomic E-state index is 11.2. The van der Waals surface area contributed by atoms with E-state index in [-0.39, 0.29) is 11.5 Å². The lowest BCUT2D eigenvalue weighted by Crippen LogP contribution is -2.00. The summed E-state index contributed by atoms with van der Waals surface area (Å²) in [5.41, 5.74) is 0.612. The van der Waals surface area contributed by atoms with Gasteiger partial charge in [0.1, 0.15) is 11.3 Å². The SMILES string of the molecule is COc1cccc(/C=C(\C(=O)O)c2nnc(C)o2)c1. The molecule has 98 valence electrons. The van der Waals surface area contributed by atoms with Gasteiger partial charge in [-0.25, -0.2) is 4.79 Å². The highest BCUT2D eigenvalue weighted by Gasteiger charge is 2.17. The minimum atomic E-state index is -1.13. The Morgan fingerprint density at radius 2 is 2.21 bits per heavy atom. The van der Waals surface area contributed by atoms with E-state index in [1.54, 1.807) is 38.3 Å². The molecule has 0 saturated heterocycles. The first-order valence-electron chi connectivity index (χ1n) is 5.49. The highest BCUT2D eigenvalue weighted by Crippen LogP contribution is 2.20. The van der Waals surface area contributed by atoms with Crippen molar-refractivity contribution in [2.45, 2.75) is 6.92 Å². The predicted octanol–water partition coefficient (Wildman–Crippen LogP) is 2.01. The van der Waals surface area contributed by atoms with Gasteiger partial charge in [-0.15, -0.1) is 10.2 Å². The molecular weight excluding hydrogens is 248 g/mol. The molecule has 6 nitrogen and oxygen atoms in total. The third-order valence-electron chi connectivity index (χ3n) is 2.39. The molecule has 6 heteroatoms. The predicted molar refractivity (Wildman–Crippen MR) is 67.5 cm³/mol. The summed E-state index contributed by atoms with van der Waals surface area (Å²) in [5.74, 6) is -0.202. The van der Waals surface area contributed by atoms with Crippen LogP contribution in [0.1, 0.15) is 17.3 Å². The minimum absolute atomic E-state index is 0.0205. The Kier molecular flexibility index (Phi) is 3.61. The van der Waals surface area contributed by atoms with Gasteiger partial charge in [-0.3, -0.25) is 0 Å². The Labute approximate surface area is 109 Å². The van der Waals surface area contributed by atoms with Crippen molar-refractivity contribution in [3.05, 3.63) is 41.6 Å². The van der Waals surface area contributed by atoms with E-state index < -0.39 is 5.97 Å². The second-order valence-corrected chi connectivity index (χ2v) is 3.77. The van der Waals surface area contributed by atoms with Crippen LogP contribution in [0.15, 0.2) is 28.7 Å². The van der Waals surface area contributed by atoms with Crippen LogP contribution >= 0.6 is 0 Å². The zero-order chi connectivity index (χ0) is 13.8. The highest BCUT2D eigenvalue weighted by atomic mass is 16.5. The smallest absolute Gasteiger partial charge is 0.341 e. The molecule has 1 aromatic carbocycles. The minimum Gasteiger partial charge on any atom is -0.497 e. The van der Waals surface area contributed by atoms with Crippen molar-refractivity contribution in [1.29, 1.82) is 0 Å². The molecule has 0 amide bonds. The van der Waals surface area contributed by atoms with E-state index >= 15 is 0 Å². The van der Waals surface area contributed by atoms with E-state index in [1.165, 1.54) is 6.08 Å². The van der Waals surface area contributed by atoms with Gasteiger partial charge in [-0.05, 0) is 23.8 Å². The summed E-state index contributed by atoms with van der Waals surface area (Å²) in [6, 6.07) is 7.01. The van der Waals surface area contributed by atoms with Gasteiger partial charge < -0.3 is 14.3 Å². The number of aryl methyl sites for hydroxylation is 1. The molecule has 2 aromatic rings. The Balaban J connectivity index is 2.43. The zero-order valence-corrected chi connectivity index (χ0v) is 10.5. The average Bonchev–Trinajstić information content (AvgIpc) is 2.82. The number of aliphatic carboxylic acids is 1. The number of ether oxygens (including phenoxy) is 1. The molecule has 0 unspecified atom stereocenters. The van der Waals surface area contributed by atoms with Gasteiger partial charge in [-0.1, -0.05) is 12.1 Å². The summed E-state index contributed by atoms with van der Waals surface area (Å²) < 4.78 is 10.2. The summed E-state index contributed by atoms with van der Waals surface area (Å²) in [6.07, 6.45) is 1.46. The summed E-state index contributed by atoms with van der Waals surface area (Å²) in [4.78, 5) is 11.2. The molecule has 0 bridgehead atoms. The number of benzene rings is 1. The van der Waals surface area contributed by atoms with Gasteiger partial charge >= 0.3 is 5.97 Å². The summed E-state index contributed by atoms with van der Waals surface area (Å²) >= 11 is 0. The molecule has 0 aliphatic carbocycles. The first-order chi connectivity index (χ1) is 9.10. The molecule has 1 N–H and O–H groups in total.